The fourth-order valence-corrected chi connectivity index (χ4v) is 2.77. The van der Waals surface area contributed by atoms with E-state index in [4.69, 9.17) is 18.0 Å². The van der Waals surface area contributed by atoms with Crippen LogP contribution in [0, 0.1) is 18.2 Å². The molecule has 0 spiro atoms. The Kier molecular flexibility index (Phi) is 3.41. The van der Waals surface area contributed by atoms with Crippen LogP contribution in [-0.2, 0) is 0 Å². The SMILES string of the molecule is C#CC1=C(C)C(=Cc2ccc(F)cc2)c2ccc(Cl)cc21. The number of rotatable bonds is 1. The number of hydrogen-bond acceptors (Lipinski definition) is 0. The maximum absolute atomic E-state index is 13.0. The van der Waals surface area contributed by atoms with Gasteiger partial charge in [-0.2, -0.15) is 0 Å². The third-order valence-electron chi connectivity index (χ3n) is 3.65. The lowest BCUT2D eigenvalue weighted by Crippen LogP contribution is -1.84. The molecule has 0 atom stereocenters. The van der Waals surface area contributed by atoms with Gasteiger partial charge in [-0.25, -0.2) is 4.39 Å². The van der Waals surface area contributed by atoms with Gasteiger partial charge in [0.2, 0.25) is 0 Å². The number of benzene rings is 2. The Balaban J connectivity index is 2.18. The highest BCUT2D eigenvalue weighted by Gasteiger charge is 2.22. The molecule has 0 aliphatic heterocycles. The van der Waals surface area contributed by atoms with Crippen LogP contribution in [0.5, 0.6) is 0 Å². The van der Waals surface area contributed by atoms with E-state index in [0.29, 0.717) is 5.02 Å². The van der Waals surface area contributed by atoms with Crippen molar-refractivity contribution in [1.82, 2.24) is 0 Å². The molecule has 2 heteroatoms. The van der Waals surface area contributed by atoms with E-state index >= 15 is 0 Å². The Bertz CT molecular complexity index is 818. The van der Waals surface area contributed by atoms with Crippen molar-refractivity contribution in [3.63, 3.8) is 0 Å². The van der Waals surface area contributed by atoms with E-state index in [2.05, 4.69) is 5.92 Å². The highest BCUT2D eigenvalue weighted by molar-refractivity contribution is 6.31. The lowest BCUT2D eigenvalue weighted by molar-refractivity contribution is 0.628. The average Bonchev–Trinajstić information content (AvgIpc) is 2.73. The standard InChI is InChI=1S/C19H12ClF/c1-3-16-12(2)18(10-13-4-7-15(21)8-5-13)17-9-6-14(20)11-19(16)17/h1,4-11H,2H3. The molecule has 2 aromatic rings. The second kappa shape index (κ2) is 5.24. The summed E-state index contributed by atoms with van der Waals surface area (Å²) >= 11 is 6.07. The number of fused-ring (bicyclic) bond motifs is 1. The zero-order valence-electron chi connectivity index (χ0n) is 11.5. The molecule has 0 N–H and O–H groups in total. The summed E-state index contributed by atoms with van der Waals surface area (Å²) in [5, 5.41) is 0.664. The lowest BCUT2D eigenvalue weighted by atomic mass is 10.0. The molecule has 0 saturated carbocycles. The maximum Gasteiger partial charge on any atom is 0.123 e. The molecule has 0 heterocycles. The van der Waals surface area contributed by atoms with Crippen molar-refractivity contribution in [2.45, 2.75) is 6.92 Å². The highest BCUT2D eigenvalue weighted by atomic mass is 35.5. The van der Waals surface area contributed by atoms with E-state index in [1.807, 2.05) is 31.2 Å². The van der Waals surface area contributed by atoms with Crippen LogP contribution < -0.4 is 0 Å². The quantitative estimate of drug-likeness (QED) is 0.614. The molecule has 0 amide bonds. The first-order chi connectivity index (χ1) is 10.1. The Hall–Kier alpha value is -2.30. The Labute approximate surface area is 128 Å². The molecule has 1 aliphatic carbocycles. The van der Waals surface area contributed by atoms with Gasteiger partial charge in [-0.05, 0) is 65.1 Å². The van der Waals surface area contributed by atoms with Crippen LogP contribution >= 0.6 is 11.6 Å². The smallest absolute Gasteiger partial charge is 0.123 e. The third-order valence-corrected chi connectivity index (χ3v) is 3.88. The van der Waals surface area contributed by atoms with Crippen molar-refractivity contribution in [2.24, 2.45) is 0 Å². The second-order valence-corrected chi connectivity index (χ2v) is 5.38. The molecule has 21 heavy (non-hydrogen) atoms. The number of hydrogen-bond donors (Lipinski definition) is 0. The van der Waals surface area contributed by atoms with Gasteiger partial charge in [-0.3, -0.25) is 0 Å². The Morgan fingerprint density at radius 3 is 2.48 bits per heavy atom. The fourth-order valence-electron chi connectivity index (χ4n) is 2.59. The van der Waals surface area contributed by atoms with Crippen LogP contribution in [0.1, 0.15) is 23.6 Å². The molecule has 0 aromatic heterocycles. The third kappa shape index (κ3) is 2.39. The van der Waals surface area contributed by atoms with Gasteiger partial charge >= 0.3 is 0 Å². The van der Waals surface area contributed by atoms with Crippen LogP contribution in [0.4, 0.5) is 4.39 Å². The molecule has 0 nitrogen and oxygen atoms in total. The van der Waals surface area contributed by atoms with Crippen LogP contribution in [0.25, 0.3) is 17.2 Å². The predicted octanol–water partition coefficient (Wildman–Crippen LogP) is 5.44. The zero-order valence-corrected chi connectivity index (χ0v) is 12.2. The van der Waals surface area contributed by atoms with Gasteiger partial charge in [-0.15, -0.1) is 6.42 Å². The van der Waals surface area contributed by atoms with E-state index in [9.17, 15) is 4.39 Å². The van der Waals surface area contributed by atoms with Crippen molar-refractivity contribution in [1.29, 1.82) is 0 Å². The molecule has 0 unspecified atom stereocenters. The predicted molar refractivity (Wildman–Crippen MR) is 87.2 cm³/mol. The molecule has 2 aromatic carbocycles. The summed E-state index contributed by atoms with van der Waals surface area (Å²) in [5.41, 5.74) is 5.94. The maximum atomic E-state index is 13.0. The van der Waals surface area contributed by atoms with E-state index in [-0.39, 0.29) is 5.82 Å². The van der Waals surface area contributed by atoms with Gasteiger partial charge < -0.3 is 0 Å². The molecule has 102 valence electrons. The van der Waals surface area contributed by atoms with E-state index < -0.39 is 0 Å². The molecule has 0 saturated heterocycles. The largest absolute Gasteiger partial charge is 0.207 e. The molecular formula is C19H12ClF. The number of terminal acetylenes is 1. The van der Waals surface area contributed by atoms with Gasteiger partial charge in [0.15, 0.2) is 0 Å². The minimum absolute atomic E-state index is 0.243. The minimum Gasteiger partial charge on any atom is -0.207 e. The zero-order chi connectivity index (χ0) is 15.0. The number of allylic oxidation sites excluding steroid dienone is 3. The van der Waals surface area contributed by atoms with Crippen LogP contribution in [0.2, 0.25) is 5.02 Å². The summed E-state index contributed by atoms with van der Waals surface area (Å²) < 4.78 is 13.0. The number of halogens is 2. The van der Waals surface area contributed by atoms with Crippen molar-refractivity contribution in [3.8, 4) is 12.3 Å². The van der Waals surface area contributed by atoms with Crippen molar-refractivity contribution in [2.75, 3.05) is 0 Å². The van der Waals surface area contributed by atoms with E-state index in [1.54, 1.807) is 12.1 Å². The summed E-state index contributed by atoms with van der Waals surface area (Å²) in [5.74, 6) is 2.50. The summed E-state index contributed by atoms with van der Waals surface area (Å²) in [6, 6.07) is 12.1. The summed E-state index contributed by atoms with van der Waals surface area (Å²) in [6.07, 6.45) is 7.66. The summed E-state index contributed by atoms with van der Waals surface area (Å²) in [4.78, 5) is 0. The monoisotopic (exact) mass is 294 g/mol. The van der Waals surface area contributed by atoms with Crippen LogP contribution in [0.15, 0.2) is 48.0 Å². The first-order valence-electron chi connectivity index (χ1n) is 6.55. The van der Waals surface area contributed by atoms with Gasteiger partial charge in [0, 0.05) is 10.6 Å². The summed E-state index contributed by atoms with van der Waals surface area (Å²) in [6.45, 7) is 2.00. The summed E-state index contributed by atoms with van der Waals surface area (Å²) in [7, 11) is 0. The molecule has 1 aliphatic rings. The Morgan fingerprint density at radius 1 is 1.10 bits per heavy atom. The van der Waals surface area contributed by atoms with E-state index in [1.165, 1.54) is 12.1 Å². The topological polar surface area (TPSA) is 0 Å². The highest BCUT2D eigenvalue weighted by Crippen LogP contribution is 2.42. The van der Waals surface area contributed by atoms with E-state index in [0.717, 1.165) is 33.4 Å². The minimum atomic E-state index is -0.243. The first-order valence-corrected chi connectivity index (χ1v) is 6.93. The van der Waals surface area contributed by atoms with Crippen molar-refractivity contribution < 1.29 is 4.39 Å². The molecule has 0 radical (unpaired) electrons. The van der Waals surface area contributed by atoms with Crippen LogP contribution in [0.3, 0.4) is 0 Å². The van der Waals surface area contributed by atoms with Gasteiger partial charge in [0.1, 0.15) is 5.82 Å². The normalized spacial score (nSPS) is 15.2. The lowest BCUT2D eigenvalue weighted by Gasteiger charge is -2.04. The fraction of sp³-hybridized carbons (Fsp3) is 0.0526. The Morgan fingerprint density at radius 2 is 1.81 bits per heavy atom. The van der Waals surface area contributed by atoms with Crippen molar-refractivity contribution >= 4 is 28.8 Å². The van der Waals surface area contributed by atoms with Gasteiger partial charge in [-0.1, -0.05) is 35.7 Å². The molecular weight excluding hydrogens is 283 g/mol. The molecule has 0 fully saturated rings. The van der Waals surface area contributed by atoms with Gasteiger partial charge in [0.05, 0.1) is 0 Å². The first kappa shape index (κ1) is 13.7. The van der Waals surface area contributed by atoms with Crippen molar-refractivity contribution in [3.05, 3.63) is 75.6 Å². The van der Waals surface area contributed by atoms with Crippen LogP contribution in [-0.4, -0.2) is 0 Å². The van der Waals surface area contributed by atoms with Gasteiger partial charge in [0.25, 0.3) is 0 Å². The average molecular weight is 295 g/mol. The second-order valence-electron chi connectivity index (χ2n) is 4.94. The molecule has 3 rings (SSSR count). The molecule has 0 bridgehead atoms.